The number of aliphatic imine (C=N–C) groups is 1. The van der Waals surface area contributed by atoms with E-state index in [-0.39, 0.29) is 48.1 Å². The molecule has 0 bridgehead atoms. The van der Waals surface area contributed by atoms with Crippen LogP contribution in [0.2, 0.25) is 0 Å². The van der Waals surface area contributed by atoms with Gasteiger partial charge in [0.05, 0.1) is 49.7 Å². The first-order valence-electron chi connectivity index (χ1n) is 23.4. The summed E-state index contributed by atoms with van der Waals surface area (Å²) in [5.41, 5.74) is 13.3. The number of aromatic nitrogens is 2. The summed E-state index contributed by atoms with van der Waals surface area (Å²) in [5.74, 6) is -0.151. The highest BCUT2D eigenvalue weighted by Gasteiger charge is 2.44. The van der Waals surface area contributed by atoms with Gasteiger partial charge in [0.1, 0.15) is 11.9 Å². The van der Waals surface area contributed by atoms with Gasteiger partial charge in [0, 0.05) is 31.4 Å². The molecule has 2 aliphatic carbocycles. The van der Waals surface area contributed by atoms with Gasteiger partial charge >= 0.3 is 12.1 Å². The van der Waals surface area contributed by atoms with Crippen LogP contribution in [0, 0.1) is 23.2 Å². The Balaban J connectivity index is 0.928. The quantitative estimate of drug-likeness (QED) is 0.135. The number of hydrogen-bond acceptors (Lipinski definition) is 8. The second kappa shape index (κ2) is 17.7. The summed E-state index contributed by atoms with van der Waals surface area (Å²) in [6, 6.07) is 19.1. The maximum Gasteiger partial charge on any atom is 0.407 e. The molecule has 2 N–H and O–H groups in total. The van der Waals surface area contributed by atoms with Gasteiger partial charge in [-0.3, -0.25) is 19.4 Å². The number of methoxy groups -OCH3 is 2. The van der Waals surface area contributed by atoms with E-state index in [1.54, 1.807) is 0 Å². The van der Waals surface area contributed by atoms with Crippen molar-refractivity contribution in [3.8, 4) is 22.3 Å². The number of nitrogens with one attached hydrogen (secondary N) is 2. The first kappa shape index (κ1) is 43.5. The highest BCUT2D eigenvalue weighted by molar-refractivity contribution is 6.03. The maximum atomic E-state index is 13.8. The van der Waals surface area contributed by atoms with E-state index >= 15 is 0 Å². The zero-order chi connectivity index (χ0) is 44.9. The number of imidazole rings is 1. The third kappa shape index (κ3) is 8.13. The number of carbonyl (C=O) groups is 4. The molecule has 1 spiro atoms. The molecule has 5 aliphatic rings. The predicted octanol–water partition coefficient (Wildman–Crippen LogP) is 9.22. The fourth-order valence-corrected chi connectivity index (χ4v) is 11.2. The van der Waals surface area contributed by atoms with Crippen LogP contribution in [-0.4, -0.2) is 88.7 Å². The van der Waals surface area contributed by atoms with Crippen LogP contribution in [0.1, 0.15) is 114 Å². The lowest BCUT2D eigenvalue weighted by molar-refractivity contribution is -0.148. The molecule has 3 aliphatic heterocycles. The van der Waals surface area contributed by atoms with E-state index in [0.29, 0.717) is 24.9 Å². The molecule has 4 aromatic rings. The highest BCUT2D eigenvalue weighted by Crippen LogP contribution is 2.55. The second-order valence-electron chi connectivity index (χ2n) is 19.6. The number of rotatable bonds is 12. The van der Waals surface area contributed by atoms with Gasteiger partial charge in [0.15, 0.2) is 0 Å². The molecule has 0 radical (unpaired) electrons. The molecule has 1 aromatic heterocycles. The third-order valence-corrected chi connectivity index (χ3v) is 15.0. The van der Waals surface area contributed by atoms with Crippen molar-refractivity contribution in [2.75, 3.05) is 27.3 Å². The molecule has 336 valence electrons. The topological polar surface area (TPSA) is 146 Å². The Labute approximate surface area is 376 Å². The Morgan fingerprint density at radius 2 is 1.42 bits per heavy atom. The van der Waals surface area contributed by atoms with Gasteiger partial charge in [-0.1, -0.05) is 76.6 Å². The van der Waals surface area contributed by atoms with Crippen molar-refractivity contribution >= 4 is 46.2 Å². The van der Waals surface area contributed by atoms with Crippen LogP contribution in [0.5, 0.6) is 0 Å². The first-order valence-corrected chi connectivity index (χ1v) is 23.4. The largest absolute Gasteiger partial charge is 0.469 e. The summed E-state index contributed by atoms with van der Waals surface area (Å²) in [6.45, 7) is 9.13. The summed E-state index contributed by atoms with van der Waals surface area (Å²) in [7, 11) is 2.68. The standard InChI is InChI=1S/C52H62N6O6/c1-30(2)38(26-46(59)63-5)49(60)57-22-7-10-44(57)43-25-35(29-53-43)32-12-14-33(15-13-32)36-17-18-37(40-28-52(20-9-21-52)27-39(36)40)34-16-19-41-42(24-34)55-48(54-41)45-11-8-23-58(45)50(61)47(31(3)4)56-51(62)64-6/h12-19,24,29-31,38,44-45,47H,7-11,20-23,25-28H2,1-6H3,(H,54,55)(H,56,62)/t38-,44-,45-,47-/m0/s1. The number of fused-ring (bicyclic) bond motifs is 2. The van der Waals surface area contributed by atoms with Crippen molar-refractivity contribution in [1.29, 1.82) is 0 Å². The van der Waals surface area contributed by atoms with E-state index < -0.39 is 18.1 Å². The molecule has 3 aromatic carbocycles. The van der Waals surface area contributed by atoms with Gasteiger partial charge in [0.2, 0.25) is 11.8 Å². The van der Waals surface area contributed by atoms with Crippen LogP contribution < -0.4 is 5.32 Å². The number of carbonyl (C=O) groups excluding carboxylic acids is 4. The zero-order valence-electron chi connectivity index (χ0n) is 38.2. The van der Waals surface area contributed by atoms with E-state index in [2.05, 4.69) is 64.9 Å². The number of likely N-dealkylation sites (tertiary alicyclic amines) is 2. The van der Waals surface area contributed by atoms with Gasteiger partial charge in [-0.2, -0.15) is 0 Å². The number of benzene rings is 3. The molecule has 12 nitrogen and oxygen atoms in total. The molecule has 0 unspecified atom stereocenters. The number of alkyl carbamates (subject to hydrolysis) is 1. The molecular weight excluding hydrogens is 805 g/mol. The molecule has 3 fully saturated rings. The summed E-state index contributed by atoms with van der Waals surface area (Å²) in [6.07, 6.45) is 11.6. The number of nitrogens with zero attached hydrogens (tertiary/aromatic N) is 4. The minimum Gasteiger partial charge on any atom is -0.469 e. The molecule has 4 heterocycles. The second-order valence-corrected chi connectivity index (χ2v) is 19.6. The van der Waals surface area contributed by atoms with Crippen LogP contribution in [0.4, 0.5) is 4.79 Å². The highest BCUT2D eigenvalue weighted by atomic mass is 16.5. The number of ether oxygens (including phenoxy) is 2. The smallest absolute Gasteiger partial charge is 0.407 e. The molecular formula is C52H62N6O6. The lowest BCUT2D eigenvalue weighted by Crippen LogP contribution is -2.51. The molecule has 9 rings (SSSR count). The number of amides is 3. The predicted molar refractivity (Wildman–Crippen MR) is 248 cm³/mol. The summed E-state index contributed by atoms with van der Waals surface area (Å²) >= 11 is 0. The Kier molecular flexibility index (Phi) is 12.0. The molecule has 2 saturated heterocycles. The van der Waals surface area contributed by atoms with E-state index in [1.165, 1.54) is 61.3 Å². The average molecular weight is 867 g/mol. The van der Waals surface area contributed by atoms with Crippen molar-refractivity contribution in [1.82, 2.24) is 25.1 Å². The van der Waals surface area contributed by atoms with E-state index in [0.717, 1.165) is 77.8 Å². The van der Waals surface area contributed by atoms with Gasteiger partial charge in [0.25, 0.3) is 0 Å². The number of H-pyrrole nitrogens is 1. The van der Waals surface area contributed by atoms with Gasteiger partial charge in [-0.25, -0.2) is 9.78 Å². The van der Waals surface area contributed by atoms with Crippen LogP contribution in [0.3, 0.4) is 0 Å². The van der Waals surface area contributed by atoms with Crippen LogP contribution in [0.25, 0.3) is 38.9 Å². The van der Waals surface area contributed by atoms with Gasteiger partial charge in [-0.15, -0.1) is 0 Å². The SMILES string of the molecule is COC(=O)C[C@H](C(=O)N1CCC[C@H]1C1=NC=C(c2ccc(-c3ccc(-c4ccc5nc([C@@H]6CCCN6C(=O)[C@@H](NC(=O)OC)C(C)C)[nH]c5c4)c4c3CC3(CCC3)C4)cc2)C1)C(C)C. The lowest BCUT2D eigenvalue weighted by Gasteiger charge is -2.38. The average Bonchev–Trinajstić information content (AvgIpc) is 4.14. The lowest BCUT2D eigenvalue weighted by atomic mass is 9.67. The van der Waals surface area contributed by atoms with Crippen molar-refractivity contribution in [3.05, 3.63) is 83.3 Å². The van der Waals surface area contributed by atoms with Crippen LogP contribution >= 0.6 is 0 Å². The number of hydrogen-bond donors (Lipinski definition) is 2. The Hall–Kier alpha value is -5.78. The fourth-order valence-electron chi connectivity index (χ4n) is 11.2. The van der Waals surface area contributed by atoms with E-state index in [1.807, 2.05) is 43.7 Å². The summed E-state index contributed by atoms with van der Waals surface area (Å²) in [4.78, 5) is 69.2. The molecule has 64 heavy (non-hydrogen) atoms. The van der Waals surface area contributed by atoms with Crippen molar-refractivity contribution in [2.45, 2.75) is 116 Å². The van der Waals surface area contributed by atoms with E-state index in [9.17, 15) is 19.2 Å². The summed E-state index contributed by atoms with van der Waals surface area (Å²) < 4.78 is 9.74. The minimum absolute atomic E-state index is 0.0236. The normalized spacial score (nSPS) is 20.9. The molecule has 1 saturated carbocycles. The minimum atomic E-state index is -0.683. The Morgan fingerprint density at radius 1 is 0.781 bits per heavy atom. The van der Waals surface area contributed by atoms with Gasteiger partial charge in [-0.05, 0) is 125 Å². The number of aromatic amines is 1. The monoisotopic (exact) mass is 866 g/mol. The van der Waals surface area contributed by atoms with Crippen molar-refractivity contribution in [2.24, 2.45) is 28.2 Å². The zero-order valence-corrected chi connectivity index (χ0v) is 38.2. The first-order chi connectivity index (χ1) is 30.9. The van der Waals surface area contributed by atoms with Crippen molar-refractivity contribution < 1.29 is 28.7 Å². The molecule has 12 heteroatoms. The van der Waals surface area contributed by atoms with Crippen LogP contribution in [-0.2, 0) is 36.7 Å². The number of esters is 1. The van der Waals surface area contributed by atoms with Crippen LogP contribution in [0.15, 0.2) is 65.8 Å². The maximum absolute atomic E-state index is 13.8. The Bertz CT molecular complexity index is 2530. The Morgan fingerprint density at radius 3 is 2.05 bits per heavy atom. The van der Waals surface area contributed by atoms with Gasteiger partial charge < -0.3 is 29.6 Å². The summed E-state index contributed by atoms with van der Waals surface area (Å²) in [5, 5.41) is 2.74. The fraction of sp³-hybridized carbons (Fsp3) is 0.500. The number of allylic oxidation sites excluding steroid dienone is 1. The molecule has 4 atom stereocenters. The third-order valence-electron chi connectivity index (χ3n) is 15.0. The molecule has 3 amide bonds. The van der Waals surface area contributed by atoms with Crippen molar-refractivity contribution in [3.63, 3.8) is 0 Å². The van der Waals surface area contributed by atoms with E-state index in [4.69, 9.17) is 19.5 Å².